The Balaban J connectivity index is 2.34. The van der Waals surface area contributed by atoms with Gasteiger partial charge in [-0.25, -0.2) is 9.97 Å². The van der Waals surface area contributed by atoms with E-state index in [2.05, 4.69) is 27.7 Å². The van der Waals surface area contributed by atoms with Crippen molar-refractivity contribution in [2.75, 3.05) is 0 Å². The number of aryl methyl sites for hydroxylation is 2. The average molecular weight is 935 g/mol. The molecule has 1 aromatic heterocycles. The Bertz CT molecular complexity index is 1020. The lowest BCUT2D eigenvalue weighted by atomic mass is 9.96. The summed E-state index contributed by atoms with van der Waals surface area (Å²) in [6.07, 6.45) is 80.8. The molecule has 1 heterocycles. The Morgan fingerprint density at radius 3 is 0.537 bits per heavy atom. The summed E-state index contributed by atoms with van der Waals surface area (Å²) in [5.41, 5.74) is 4.25. The van der Waals surface area contributed by atoms with E-state index in [4.69, 9.17) is 9.97 Å². The summed E-state index contributed by atoms with van der Waals surface area (Å²) >= 11 is 0. The zero-order chi connectivity index (χ0) is 48.0. The molecule has 0 amide bonds. The van der Waals surface area contributed by atoms with Gasteiger partial charge in [-0.05, 0) is 44.1 Å². The summed E-state index contributed by atoms with van der Waals surface area (Å²) in [6.45, 7) is 11.3. The van der Waals surface area contributed by atoms with E-state index in [9.17, 15) is 0 Å². The zero-order valence-electron chi connectivity index (χ0n) is 46.9. The summed E-state index contributed by atoms with van der Waals surface area (Å²) in [4.78, 5) is 10.1. The van der Waals surface area contributed by atoms with Crippen molar-refractivity contribution in [3.05, 3.63) is 29.7 Å². The molecule has 0 N–H and O–H groups in total. The van der Waals surface area contributed by atoms with E-state index in [1.807, 2.05) is 0 Å². The Morgan fingerprint density at radius 2 is 0.358 bits per heavy atom. The van der Waals surface area contributed by atoms with E-state index in [1.54, 1.807) is 0 Å². The van der Waals surface area contributed by atoms with Gasteiger partial charge in [0.1, 0.15) is 5.82 Å². The molecule has 0 bridgehead atoms. The van der Waals surface area contributed by atoms with Gasteiger partial charge in [-0.3, -0.25) is 0 Å². The van der Waals surface area contributed by atoms with Gasteiger partial charge in [0, 0.05) is 18.3 Å². The lowest BCUT2D eigenvalue weighted by Gasteiger charge is -2.15. The van der Waals surface area contributed by atoms with Crippen LogP contribution in [0.3, 0.4) is 0 Å². The van der Waals surface area contributed by atoms with Crippen LogP contribution in [-0.4, -0.2) is 9.97 Å². The van der Waals surface area contributed by atoms with E-state index in [0.29, 0.717) is 0 Å². The van der Waals surface area contributed by atoms with Crippen LogP contribution >= 0.6 is 0 Å². The average Bonchev–Trinajstić information content (AvgIpc) is 3.33. The van der Waals surface area contributed by atoms with Crippen LogP contribution in [0.4, 0.5) is 0 Å². The molecular formula is C65H125N2. The van der Waals surface area contributed by atoms with Crippen molar-refractivity contribution in [2.45, 2.75) is 387 Å². The van der Waals surface area contributed by atoms with Crippen LogP contribution in [0.25, 0.3) is 0 Å². The van der Waals surface area contributed by atoms with Gasteiger partial charge in [0.25, 0.3) is 0 Å². The molecule has 0 aliphatic rings. The fraction of sp³-hybridized carbons (Fsp3) is 0.923. The summed E-state index contributed by atoms with van der Waals surface area (Å²) in [7, 11) is 0. The molecule has 395 valence electrons. The minimum Gasteiger partial charge on any atom is -0.238 e. The van der Waals surface area contributed by atoms with Gasteiger partial charge in [-0.1, -0.05) is 348 Å². The molecule has 2 nitrogen and oxygen atoms in total. The first-order valence-electron chi connectivity index (χ1n) is 31.9. The highest BCUT2D eigenvalue weighted by molar-refractivity contribution is 5.27. The Labute approximate surface area is 424 Å². The van der Waals surface area contributed by atoms with Crippen LogP contribution in [0.2, 0.25) is 0 Å². The predicted molar refractivity (Wildman–Crippen MR) is 304 cm³/mol. The van der Waals surface area contributed by atoms with Gasteiger partial charge in [-0.2, -0.15) is 0 Å². The first kappa shape index (κ1) is 64.1. The van der Waals surface area contributed by atoms with Gasteiger partial charge >= 0.3 is 0 Å². The fourth-order valence-corrected chi connectivity index (χ4v) is 10.9. The summed E-state index contributed by atoms with van der Waals surface area (Å²) in [5, 5.41) is 0. The monoisotopic (exact) mass is 934 g/mol. The molecule has 0 saturated heterocycles. The first-order valence-corrected chi connectivity index (χ1v) is 31.9. The molecule has 0 spiro atoms. The van der Waals surface area contributed by atoms with Gasteiger partial charge in [0.05, 0.1) is 0 Å². The number of nitrogens with zero attached hydrogens (tertiary/aromatic N) is 2. The van der Waals surface area contributed by atoms with E-state index < -0.39 is 0 Å². The predicted octanol–water partition coefficient (Wildman–Crippen LogP) is 23.4. The van der Waals surface area contributed by atoms with E-state index >= 15 is 0 Å². The van der Waals surface area contributed by atoms with Crippen LogP contribution in [0, 0.1) is 6.92 Å². The molecule has 0 fully saturated rings. The van der Waals surface area contributed by atoms with E-state index in [0.717, 1.165) is 18.7 Å². The molecule has 2 heteroatoms. The summed E-state index contributed by atoms with van der Waals surface area (Å²) in [6, 6.07) is 0. The normalized spacial score (nSPS) is 11.7. The van der Waals surface area contributed by atoms with Crippen LogP contribution in [0.1, 0.15) is 390 Å². The maximum Gasteiger partial charge on any atom is 0.129 e. The molecule has 0 aliphatic carbocycles. The largest absolute Gasteiger partial charge is 0.238 e. The van der Waals surface area contributed by atoms with Crippen molar-refractivity contribution in [1.82, 2.24) is 9.97 Å². The molecule has 0 aromatic carbocycles. The maximum absolute atomic E-state index is 5.05. The number of hydrogen-bond acceptors (Lipinski definition) is 2. The molecule has 0 atom stereocenters. The third-order valence-corrected chi connectivity index (χ3v) is 15.5. The summed E-state index contributed by atoms with van der Waals surface area (Å²) in [5.74, 6) is 0.774. The minimum absolute atomic E-state index is 0.774. The van der Waals surface area contributed by atoms with Crippen molar-refractivity contribution in [2.24, 2.45) is 0 Å². The Kier molecular flexibility index (Phi) is 52.1. The Morgan fingerprint density at radius 1 is 0.209 bits per heavy atom. The van der Waals surface area contributed by atoms with Gasteiger partial charge in [0.15, 0.2) is 0 Å². The standard InChI is InChI=1S/C65H125N2/c1-5-8-11-14-17-20-23-26-29-32-35-38-41-44-47-50-53-56-59-63-64(60-57-54-51-48-45-42-39-36-33-30-27-24-21-18-15-12-9-6-2)66-62(4)67-65(63)61-58-55-52-49-46-43-40-37-34-31-28-25-22-19-16-13-10-7-3/h4-61H2,1-3H3. The second-order valence-electron chi connectivity index (χ2n) is 22.3. The smallest absolute Gasteiger partial charge is 0.129 e. The second-order valence-corrected chi connectivity index (χ2v) is 22.3. The third kappa shape index (κ3) is 45.9. The molecule has 1 radical (unpaired) electrons. The van der Waals surface area contributed by atoms with Crippen LogP contribution in [0.5, 0.6) is 0 Å². The molecule has 0 unspecified atom stereocenters. The topological polar surface area (TPSA) is 25.8 Å². The molecule has 0 saturated carbocycles. The van der Waals surface area contributed by atoms with Crippen molar-refractivity contribution in [3.8, 4) is 0 Å². The zero-order valence-corrected chi connectivity index (χ0v) is 46.9. The molecule has 67 heavy (non-hydrogen) atoms. The van der Waals surface area contributed by atoms with Crippen molar-refractivity contribution in [3.63, 3.8) is 0 Å². The lowest BCUT2D eigenvalue weighted by molar-refractivity contribution is 0.523. The van der Waals surface area contributed by atoms with Crippen molar-refractivity contribution < 1.29 is 0 Å². The SMILES string of the molecule is [CH2]c1nc(CCCCCCCCCCCCCCCCCCCC)c(CCCCCCCCCCCCCCCCCCCC)c(CCCCCCCCCCCCCCCCCCCC)n1. The number of rotatable bonds is 57. The quantitative estimate of drug-likeness (QED) is 0.0608. The number of aromatic nitrogens is 2. The lowest BCUT2D eigenvalue weighted by Crippen LogP contribution is -2.09. The fourth-order valence-electron chi connectivity index (χ4n) is 10.9. The molecular weight excluding hydrogens is 809 g/mol. The summed E-state index contributed by atoms with van der Waals surface area (Å²) < 4.78 is 0. The first-order chi connectivity index (χ1) is 33.2. The van der Waals surface area contributed by atoms with Crippen LogP contribution in [-0.2, 0) is 19.3 Å². The third-order valence-electron chi connectivity index (χ3n) is 15.5. The van der Waals surface area contributed by atoms with Crippen LogP contribution < -0.4 is 0 Å². The van der Waals surface area contributed by atoms with Gasteiger partial charge < -0.3 is 0 Å². The van der Waals surface area contributed by atoms with Crippen LogP contribution in [0.15, 0.2) is 0 Å². The highest BCUT2D eigenvalue weighted by Gasteiger charge is 2.13. The van der Waals surface area contributed by atoms with Crippen molar-refractivity contribution in [1.29, 1.82) is 0 Å². The number of unbranched alkanes of at least 4 members (excludes halogenated alkanes) is 51. The van der Waals surface area contributed by atoms with Gasteiger partial charge in [-0.15, -0.1) is 0 Å². The molecule has 1 rings (SSSR count). The highest BCUT2D eigenvalue weighted by atomic mass is 14.9. The van der Waals surface area contributed by atoms with E-state index in [-0.39, 0.29) is 0 Å². The van der Waals surface area contributed by atoms with Crippen molar-refractivity contribution >= 4 is 0 Å². The van der Waals surface area contributed by atoms with E-state index in [1.165, 1.54) is 370 Å². The minimum atomic E-state index is 0.774. The Hall–Kier alpha value is -0.920. The number of hydrogen-bond donors (Lipinski definition) is 0. The van der Waals surface area contributed by atoms with Gasteiger partial charge in [0.2, 0.25) is 0 Å². The second kappa shape index (κ2) is 54.4. The molecule has 1 aromatic rings. The molecule has 0 aliphatic heterocycles. The maximum atomic E-state index is 5.05. The highest BCUT2D eigenvalue weighted by Crippen LogP contribution is 2.23.